The Morgan fingerprint density at radius 3 is 2.39 bits per heavy atom. The molecule has 4 heteroatoms. The summed E-state index contributed by atoms with van der Waals surface area (Å²) in [6.07, 6.45) is 9.45. The molecule has 150 valence electrons. The molecular formula is C24H28F2O2. The van der Waals surface area contributed by atoms with E-state index in [1.807, 2.05) is 0 Å². The number of unbranched alkanes of at least 4 members (excludes halogenated alkanes) is 1. The van der Waals surface area contributed by atoms with Crippen LogP contribution in [-0.4, -0.2) is 6.61 Å². The normalized spacial score (nSPS) is 14.0. The zero-order valence-electron chi connectivity index (χ0n) is 16.5. The molecule has 2 aromatic rings. The molecule has 0 bridgehead atoms. The van der Waals surface area contributed by atoms with Crippen LogP contribution in [0.4, 0.5) is 8.78 Å². The topological polar surface area (TPSA) is 18.5 Å². The zero-order valence-corrected chi connectivity index (χ0v) is 16.5. The second-order valence-electron chi connectivity index (χ2n) is 7.27. The van der Waals surface area contributed by atoms with Crippen molar-refractivity contribution in [1.29, 1.82) is 0 Å². The molecule has 0 saturated heterocycles. The van der Waals surface area contributed by atoms with Crippen LogP contribution in [0.2, 0.25) is 0 Å². The van der Waals surface area contributed by atoms with Gasteiger partial charge in [-0.05, 0) is 55.4 Å². The van der Waals surface area contributed by atoms with Crippen LogP contribution in [0, 0.1) is 11.6 Å². The van der Waals surface area contributed by atoms with Gasteiger partial charge in [0.25, 0.3) is 0 Å². The molecule has 0 aliphatic heterocycles. The fourth-order valence-corrected chi connectivity index (χ4v) is 3.36. The van der Waals surface area contributed by atoms with E-state index in [0.29, 0.717) is 12.2 Å². The van der Waals surface area contributed by atoms with Crippen molar-refractivity contribution in [3.63, 3.8) is 0 Å². The van der Waals surface area contributed by atoms with Gasteiger partial charge in [-0.1, -0.05) is 44.0 Å². The molecule has 2 nitrogen and oxygen atoms in total. The highest BCUT2D eigenvalue weighted by atomic mass is 19.2. The fourth-order valence-electron chi connectivity index (χ4n) is 3.36. The SMILES string of the molecule is CCCCOc1ccc(-c2ccc(COC=C3CCCCC3)c(F)c2F)cc1. The van der Waals surface area contributed by atoms with Crippen LogP contribution in [0.25, 0.3) is 11.1 Å². The van der Waals surface area contributed by atoms with E-state index in [9.17, 15) is 8.78 Å². The van der Waals surface area contributed by atoms with Crippen LogP contribution in [0.3, 0.4) is 0 Å². The lowest BCUT2D eigenvalue weighted by molar-refractivity contribution is 0.225. The number of rotatable bonds is 8. The van der Waals surface area contributed by atoms with Crippen molar-refractivity contribution >= 4 is 0 Å². The minimum Gasteiger partial charge on any atom is -0.496 e. The van der Waals surface area contributed by atoms with E-state index in [2.05, 4.69) is 6.92 Å². The van der Waals surface area contributed by atoms with Gasteiger partial charge in [0.2, 0.25) is 0 Å². The van der Waals surface area contributed by atoms with Crippen molar-refractivity contribution < 1.29 is 18.3 Å². The predicted molar refractivity (Wildman–Crippen MR) is 108 cm³/mol. The van der Waals surface area contributed by atoms with Gasteiger partial charge in [-0.2, -0.15) is 0 Å². The largest absolute Gasteiger partial charge is 0.496 e. The second-order valence-corrected chi connectivity index (χ2v) is 7.27. The summed E-state index contributed by atoms with van der Waals surface area (Å²) in [6, 6.07) is 10.3. The maximum atomic E-state index is 14.6. The molecule has 0 spiro atoms. The molecule has 28 heavy (non-hydrogen) atoms. The van der Waals surface area contributed by atoms with Crippen LogP contribution < -0.4 is 4.74 Å². The molecular weight excluding hydrogens is 358 g/mol. The molecule has 0 heterocycles. The first kappa shape index (κ1) is 20.4. The maximum absolute atomic E-state index is 14.6. The van der Waals surface area contributed by atoms with Gasteiger partial charge < -0.3 is 9.47 Å². The molecule has 1 aliphatic carbocycles. The van der Waals surface area contributed by atoms with E-state index < -0.39 is 11.6 Å². The standard InChI is InChI=1S/C24H28F2O2/c1-2-3-15-28-21-12-9-19(10-13-21)22-14-11-20(23(25)24(22)26)17-27-16-18-7-5-4-6-8-18/h9-14,16H,2-8,15,17H2,1H3. The van der Waals surface area contributed by atoms with E-state index >= 15 is 0 Å². The van der Waals surface area contributed by atoms with Crippen LogP contribution in [0.5, 0.6) is 5.75 Å². The molecule has 0 atom stereocenters. The summed E-state index contributed by atoms with van der Waals surface area (Å²) in [4.78, 5) is 0. The molecule has 1 fully saturated rings. The van der Waals surface area contributed by atoms with E-state index in [1.54, 1.807) is 42.7 Å². The summed E-state index contributed by atoms with van der Waals surface area (Å²) in [6.45, 7) is 2.80. The third kappa shape index (κ3) is 5.34. The lowest BCUT2D eigenvalue weighted by Gasteiger charge is -2.14. The quantitative estimate of drug-likeness (QED) is 0.353. The highest BCUT2D eigenvalue weighted by Gasteiger charge is 2.15. The monoisotopic (exact) mass is 386 g/mol. The van der Waals surface area contributed by atoms with E-state index in [1.165, 1.54) is 24.8 Å². The van der Waals surface area contributed by atoms with Gasteiger partial charge in [0.05, 0.1) is 12.9 Å². The maximum Gasteiger partial charge on any atom is 0.167 e. The van der Waals surface area contributed by atoms with Crippen molar-refractivity contribution in [2.24, 2.45) is 0 Å². The van der Waals surface area contributed by atoms with Crippen molar-refractivity contribution in [3.8, 4) is 16.9 Å². The zero-order chi connectivity index (χ0) is 19.8. The van der Waals surface area contributed by atoms with Gasteiger partial charge in [-0.15, -0.1) is 0 Å². The first-order valence-corrected chi connectivity index (χ1v) is 10.2. The molecule has 3 rings (SSSR count). The minimum atomic E-state index is -0.845. The van der Waals surface area contributed by atoms with Gasteiger partial charge in [-0.3, -0.25) is 0 Å². The Kier molecular flexibility index (Phi) is 7.46. The highest BCUT2D eigenvalue weighted by molar-refractivity contribution is 5.65. The first-order valence-electron chi connectivity index (χ1n) is 10.2. The van der Waals surface area contributed by atoms with Gasteiger partial charge in [0.15, 0.2) is 11.6 Å². The molecule has 2 aromatic carbocycles. The lowest BCUT2D eigenvalue weighted by Crippen LogP contribution is -2.00. The summed E-state index contributed by atoms with van der Waals surface area (Å²) >= 11 is 0. The second kappa shape index (κ2) is 10.3. The molecule has 0 amide bonds. The van der Waals surface area contributed by atoms with E-state index in [-0.39, 0.29) is 17.7 Å². The fraction of sp³-hybridized carbons (Fsp3) is 0.417. The average molecular weight is 386 g/mol. The molecule has 1 saturated carbocycles. The van der Waals surface area contributed by atoms with E-state index in [0.717, 1.165) is 31.4 Å². The Bertz CT molecular complexity index is 789. The number of hydrogen-bond acceptors (Lipinski definition) is 2. The van der Waals surface area contributed by atoms with Crippen LogP contribution in [0.15, 0.2) is 48.2 Å². The molecule has 0 aromatic heterocycles. The molecule has 0 unspecified atom stereocenters. The Morgan fingerprint density at radius 2 is 1.68 bits per heavy atom. The third-order valence-corrected chi connectivity index (χ3v) is 5.08. The van der Waals surface area contributed by atoms with Crippen molar-refractivity contribution in [1.82, 2.24) is 0 Å². The lowest BCUT2D eigenvalue weighted by atomic mass is 9.96. The highest BCUT2D eigenvalue weighted by Crippen LogP contribution is 2.29. The van der Waals surface area contributed by atoms with Crippen molar-refractivity contribution in [3.05, 3.63) is 65.4 Å². The third-order valence-electron chi connectivity index (χ3n) is 5.08. The van der Waals surface area contributed by atoms with Gasteiger partial charge >= 0.3 is 0 Å². The number of allylic oxidation sites excluding steroid dienone is 1. The molecule has 1 aliphatic rings. The van der Waals surface area contributed by atoms with Gasteiger partial charge in [0.1, 0.15) is 12.4 Å². The smallest absolute Gasteiger partial charge is 0.167 e. The Morgan fingerprint density at radius 1 is 0.929 bits per heavy atom. The predicted octanol–water partition coefficient (Wildman–Crippen LogP) is 7.18. The summed E-state index contributed by atoms with van der Waals surface area (Å²) in [5, 5.41) is 0. The molecule has 0 N–H and O–H groups in total. The minimum absolute atomic E-state index is 0.0384. The van der Waals surface area contributed by atoms with Gasteiger partial charge in [-0.25, -0.2) is 8.78 Å². The Hall–Kier alpha value is -2.36. The Labute approximate surface area is 166 Å². The van der Waals surface area contributed by atoms with Crippen LogP contribution >= 0.6 is 0 Å². The first-order chi connectivity index (χ1) is 13.7. The molecule has 0 radical (unpaired) electrons. The Balaban J connectivity index is 1.65. The summed E-state index contributed by atoms with van der Waals surface area (Å²) in [5.41, 5.74) is 2.35. The van der Waals surface area contributed by atoms with Crippen LogP contribution in [0.1, 0.15) is 57.4 Å². The van der Waals surface area contributed by atoms with Crippen molar-refractivity contribution in [2.45, 2.75) is 58.5 Å². The number of hydrogen-bond donors (Lipinski definition) is 0. The number of halogens is 2. The van der Waals surface area contributed by atoms with E-state index in [4.69, 9.17) is 9.47 Å². The summed E-state index contributed by atoms with van der Waals surface area (Å²) in [7, 11) is 0. The number of benzene rings is 2. The van der Waals surface area contributed by atoms with Crippen LogP contribution in [-0.2, 0) is 11.3 Å². The number of ether oxygens (including phenoxy) is 2. The average Bonchev–Trinajstić information content (AvgIpc) is 2.73. The van der Waals surface area contributed by atoms with Crippen molar-refractivity contribution in [2.75, 3.05) is 6.61 Å². The summed E-state index contributed by atoms with van der Waals surface area (Å²) in [5.74, 6) is -0.951. The van der Waals surface area contributed by atoms with Gasteiger partial charge in [0, 0.05) is 11.1 Å². The summed E-state index contributed by atoms with van der Waals surface area (Å²) < 4.78 is 40.2.